The molecule has 0 aliphatic rings. The quantitative estimate of drug-likeness (QED) is 0.725. The van der Waals surface area contributed by atoms with Crippen LogP contribution in [0.2, 0.25) is 5.02 Å². The van der Waals surface area contributed by atoms with Crippen molar-refractivity contribution >= 4 is 28.4 Å². The average molecular weight is 339 g/mol. The lowest BCUT2D eigenvalue weighted by molar-refractivity contribution is 0.0952. The third-order valence-electron chi connectivity index (χ3n) is 3.72. The molecule has 5 nitrogen and oxygen atoms in total. The second-order valence-electron chi connectivity index (χ2n) is 5.34. The number of halogens is 1. The monoisotopic (exact) mass is 338 g/mol. The van der Waals surface area contributed by atoms with Gasteiger partial charge in [0.15, 0.2) is 0 Å². The molecule has 0 saturated carbocycles. The van der Waals surface area contributed by atoms with E-state index in [1.54, 1.807) is 30.5 Å². The van der Waals surface area contributed by atoms with Gasteiger partial charge in [0.2, 0.25) is 0 Å². The van der Waals surface area contributed by atoms with Crippen LogP contribution >= 0.6 is 11.6 Å². The van der Waals surface area contributed by atoms with Gasteiger partial charge in [-0.3, -0.25) is 9.48 Å². The van der Waals surface area contributed by atoms with Crippen molar-refractivity contribution in [3.63, 3.8) is 0 Å². The number of nitrogens with zero attached hydrogens (tertiary/aromatic N) is 3. The van der Waals surface area contributed by atoms with Crippen LogP contribution in [0.5, 0.6) is 0 Å². The Bertz CT molecular complexity index is 926. The number of hydrogen-bond donors (Lipinski definition) is 1. The molecule has 120 valence electrons. The predicted octanol–water partition coefficient (Wildman–Crippen LogP) is 3.38. The minimum Gasteiger partial charge on any atom is -0.352 e. The molecular weight excluding hydrogens is 324 g/mol. The molecule has 24 heavy (non-hydrogen) atoms. The first kappa shape index (κ1) is 16.0. The van der Waals surface area contributed by atoms with Crippen molar-refractivity contribution in [1.29, 1.82) is 5.26 Å². The molecule has 0 fully saturated rings. The lowest BCUT2D eigenvalue weighted by atomic mass is 10.1. The Morgan fingerprint density at radius 1 is 1.29 bits per heavy atom. The van der Waals surface area contributed by atoms with Gasteiger partial charge in [-0.15, -0.1) is 0 Å². The zero-order valence-electron chi connectivity index (χ0n) is 12.9. The molecule has 3 rings (SSSR count). The Morgan fingerprint density at radius 3 is 2.96 bits per heavy atom. The van der Waals surface area contributed by atoms with E-state index in [0.29, 0.717) is 29.2 Å². The molecule has 0 bridgehead atoms. The van der Waals surface area contributed by atoms with E-state index in [4.69, 9.17) is 16.9 Å². The van der Waals surface area contributed by atoms with Gasteiger partial charge in [0.25, 0.3) is 5.91 Å². The number of carbonyl (C=O) groups is 1. The van der Waals surface area contributed by atoms with Crippen molar-refractivity contribution in [2.75, 3.05) is 6.54 Å². The van der Waals surface area contributed by atoms with Crippen molar-refractivity contribution in [2.45, 2.75) is 13.0 Å². The Kier molecular flexibility index (Phi) is 4.78. The Morgan fingerprint density at radius 2 is 2.12 bits per heavy atom. The van der Waals surface area contributed by atoms with Gasteiger partial charge in [0.05, 0.1) is 28.4 Å². The van der Waals surface area contributed by atoms with Crippen molar-refractivity contribution < 1.29 is 4.79 Å². The highest BCUT2D eigenvalue weighted by atomic mass is 35.5. The van der Waals surface area contributed by atoms with Crippen LogP contribution < -0.4 is 5.32 Å². The second kappa shape index (κ2) is 7.16. The first-order chi connectivity index (χ1) is 11.7. The van der Waals surface area contributed by atoms with E-state index in [-0.39, 0.29) is 5.91 Å². The van der Waals surface area contributed by atoms with Gasteiger partial charge in [0.1, 0.15) is 0 Å². The summed E-state index contributed by atoms with van der Waals surface area (Å²) in [6.07, 6.45) is 2.50. The molecule has 1 aromatic heterocycles. The molecule has 1 N–H and O–H groups in total. The summed E-state index contributed by atoms with van der Waals surface area (Å²) in [5.74, 6) is -0.180. The van der Waals surface area contributed by atoms with Crippen LogP contribution in [0.4, 0.5) is 0 Å². The number of carbonyl (C=O) groups excluding carboxylic acids is 1. The van der Waals surface area contributed by atoms with E-state index in [1.165, 1.54) is 0 Å². The van der Waals surface area contributed by atoms with Crippen LogP contribution in [-0.2, 0) is 6.54 Å². The number of hydrogen-bond acceptors (Lipinski definition) is 3. The maximum Gasteiger partial charge on any atom is 0.251 e. The normalized spacial score (nSPS) is 10.5. The van der Waals surface area contributed by atoms with Gasteiger partial charge in [-0.1, -0.05) is 23.7 Å². The zero-order chi connectivity index (χ0) is 16.9. The van der Waals surface area contributed by atoms with Crippen LogP contribution in [0.3, 0.4) is 0 Å². The molecule has 0 aliphatic heterocycles. The van der Waals surface area contributed by atoms with Gasteiger partial charge < -0.3 is 5.32 Å². The molecule has 0 unspecified atom stereocenters. The van der Waals surface area contributed by atoms with Gasteiger partial charge in [-0.05, 0) is 36.8 Å². The smallest absolute Gasteiger partial charge is 0.251 e. The topological polar surface area (TPSA) is 70.7 Å². The fourth-order valence-electron chi connectivity index (χ4n) is 2.51. The van der Waals surface area contributed by atoms with Crippen LogP contribution in [-0.4, -0.2) is 22.2 Å². The summed E-state index contributed by atoms with van der Waals surface area (Å²) in [5.41, 5.74) is 1.95. The summed E-state index contributed by atoms with van der Waals surface area (Å²) in [5, 5.41) is 17.7. The Labute approximate surface area is 144 Å². The van der Waals surface area contributed by atoms with Crippen molar-refractivity contribution in [1.82, 2.24) is 15.1 Å². The zero-order valence-corrected chi connectivity index (χ0v) is 13.6. The highest BCUT2D eigenvalue weighted by Crippen LogP contribution is 2.22. The fourth-order valence-corrected chi connectivity index (χ4v) is 2.73. The van der Waals surface area contributed by atoms with E-state index >= 15 is 0 Å². The summed E-state index contributed by atoms with van der Waals surface area (Å²) in [6.45, 7) is 1.21. The molecule has 3 aromatic rings. The molecule has 0 saturated heterocycles. The number of nitriles is 1. The van der Waals surface area contributed by atoms with Crippen molar-refractivity contribution in [3.05, 3.63) is 64.8 Å². The minimum absolute atomic E-state index is 0.180. The molecule has 0 spiro atoms. The number of amides is 1. The summed E-state index contributed by atoms with van der Waals surface area (Å²) in [4.78, 5) is 12.1. The highest BCUT2D eigenvalue weighted by Gasteiger charge is 2.07. The van der Waals surface area contributed by atoms with E-state index < -0.39 is 0 Å². The summed E-state index contributed by atoms with van der Waals surface area (Å²) in [6, 6.07) is 14.4. The largest absolute Gasteiger partial charge is 0.352 e. The van der Waals surface area contributed by atoms with Crippen molar-refractivity contribution in [2.24, 2.45) is 0 Å². The Hall–Kier alpha value is -2.84. The number of aryl methyl sites for hydroxylation is 1. The van der Waals surface area contributed by atoms with Crippen LogP contribution in [0.1, 0.15) is 22.3 Å². The van der Waals surface area contributed by atoms with E-state index in [9.17, 15) is 4.79 Å². The van der Waals surface area contributed by atoms with Crippen LogP contribution in [0.15, 0.2) is 48.7 Å². The summed E-state index contributed by atoms with van der Waals surface area (Å²) in [7, 11) is 0. The first-order valence-electron chi connectivity index (χ1n) is 7.57. The van der Waals surface area contributed by atoms with E-state index in [1.807, 2.05) is 29.0 Å². The van der Waals surface area contributed by atoms with E-state index in [0.717, 1.165) is 17.3 Å². The molecule has 2 aromatic carbocycles. The average Bonchev–Trinajstić information content (AvgIpc) is 3.03. The number of benzene rings is 2. The number of aromatic nitrogens is 2. The SMILES string of the molecule is N#Cc1cccc(C(=O)NCCCn2ncc3c(Cl)cccc32)c1. The van der Waals surface area contributed by atoms with Gasteiger partial charge in [0, 0.05) is 24.0 Å². The maximum absolute atomic E-state index is 12.1. The Balaban J connectivity index is 1.56. The van der Waals surface area contributed by atoms with E-state index in [2.05, 4.69) is 10.4 Å². The van der Waals surface area contributed by atoms with Crippen LogP contribution in [0.25, 0.3) is 10.9 Å². The fraction of sp³-hybridized carbons (Fsp3) is 0.167. The van der Waals surface area contributed by atoms with Gasteiger partial charge in [-0.2, -0.15) is 10.4 Å². The molecule has 1 heterocycles. The number of fused-ring (bicyclic) bond motifs is 1. The molecular formula is C18H15ClN4O. The highest BCUT2D eigenvalue weighted by molar-refractivity contribution is 6.35. The molecule has 0 atom stereocenters. The first-order valence-corrected chi connectivity index (χ1v) is 7.95. The third-order valence-corrected chi connectivity index (χ3v) is 4.05. The lowest BCUT2D eigenvalue weighted by Gasteiger charge is -2.07. The van der Waals surface area contributed by atoms with Gasteiger partial charge >= 0.3 is 0 Å². The number of rotatable bonds is 5. The van der Waals surface area contributed by atoms with Gasteiger partial charge in [-0.25, -0.2) is 0 Å². The predicted molar refractivity (Wildman–Crippen MR) is 92.9 cm³/mol. The summed E-state index contributed by atoms with van der Waals surface area (Å²) >= 11 is 6.13. The molecule has 1 amide bonds. The summed E-state index contributed by atoms with van der Waals surface area (Å²) < 4.78 is 1.88. The van der Waals surface area contributed by atoms with Crippen molar-refractivity contribution in [3.8, 4) is 6.07 Å². The minimum atomic E-state index is -0.180. The maximum atomic E-state index is 12.1. The van der Waals surface area contributed by atoms with Crippen LogP contribution in [0, 0.1) is 11.3 Å². The molecule has 0 aliphatic carbocycles. The lowest BCUT2D eigenvalue weighted by Crippen LogP contribution is -2.25. The number of nitrogens with one attached hydrogen (secondary N) is 1. The second-order valence-corrected chi connectivity index (χ2v) is 5.75. The molecule has 6 heteroatoms. The third kappa shape index (κ3) is 3.39. The molecule has 0 radical (unpaired) electrons. The standard InChI is InChI=1S/C18H15ClN4O/c19-16-6-2-7-17-15(16)12-22-23(17)9-3-8-21-18(24)14-5-1-4-13(10-14)11-20/h1-2,4-7,10,12H,3,8-9H2,(H,21,24).